The number of carbonyl (C=O) groups excluding carboxylic acids is 1. The summed E-state index contributed by atoms with van der Waals surface area (Å²) in [4.78, 5) is 15.6. The van der Waals surface area contributed by atoms with E-state index in [0.717, 1.165) is 6.26 Å². The summed E-state index contributed by atoms with van der Waals surface area (Å²) in [5.41, 5.74) is 6.17. The highest BCUT2D eigenvalue weighted by atomic mass is 32.2. The van der Waals surface area contributed by atoms with Crippen LogP contribution in [0.5, 0.6) is 0 Å². The van der Waals surface area contributed by atoms with E-state index in [9.17, 15) is 13.2 Å². The van der Waals surface area contributed by atoms with Crippen LogP contribution >= 0.6 is 0 Å². The first kappa shape index (κ1) is 15.1. The molecule has 0 fully saturated rings. The molecule has 3 N–H and O–H groups in total. The predicted octanol–water partition coefficient (Wildman–Crippen LogP) is -0.834. The number of hydrogen-bond acceptors (Lipinski definition) is 5. The molecule has 0 spiro atoms. The van der Waals surface area contributed by atoms with Gasteiger partial charge in [0.2, 0.25) is 0 Å². The molecular weight excluding hydrogens is 266 g/mol. The third-order valence-electron chi connectivity index (χ3n) is 2.09. The smallest absolute Gasteiger partial charge is 0.252 e. The summed E-state index contributed by atoms with van der Waals surface area (Å²) in [5.74, 6) is 4.95. The molecule has 0 saturated carbocycles. The maximum absolute atomic E-state index is 11.7. The van der Waals surface area contributed by atoms with Crippen LogP contribution in [0.25, 0.3) is 0 Å². The highest BCUT2D eigenvalue weighted by Gasteiger charge is 2.08. The van der Waals surface area contributed by atoms with Gasteiger partial charge >= 0.3 is 0 Å². The minimum atomic E-state index is -3.09. The molecule has 1 heterocycles. The molecule has 1 aromatic rings. The third kappa shape index (κ3) is 5.99. The van der Waals surface area contributed by atoms with Gasteiger partial charge in [-0.25, -0.2) is 8.42 Å². The largest absolute Gasteiger partial charge is 0.351 e. The summed E-state index contributed by atoms with van der Waals surface area (Å²) in [7, 11) is -3.09. The van der Waals surface area contributed by atoms with Gasteiger partial charge in [-0.3, -0.25) is 9.78 Å². The zero-order chi connectivity index (χ0) is 14.3. The summed E-state index contributed by atoms with van der Waals surface area (Å²) in [6.45, 7) is 0.293. The Morgan fingerprint density at radius 3 is 2.84 bits per heavy atom. The van der Waals surface area contributed by atoms with Crippen LogP contribution in [-0.2, 0) is 9.84 Å². The van der Waals surface area contributed by atoms with Crippen LogP contribution in [0.4, 0.5) is 0 Å². The molecule has 19 heavy (non-hydrogen) atoms. The highest BCUT2D eigenvalue weighted by Crippen LogP contribution is 2.01. The topological polar surface area (TPSA) is 102 Å². The molecule has 0 radical (unpaired) electrons. The van der Waals surface area contributed by atoms with Crippen molar-refractivity contribution in [3.8, 4) is 11.8 Å². The Kier molecular flexibility index (Phi) is 5.48. The molecule has 0 aromatic carbocycles. The summed E-state index contributed by atoms with van der Waals surface area (Å²) in [6, 6.07) is 1.57. The van der Waals surface area contributed by atoms with Crippen molar-refractivity contribution < 1.29 is 13.2 Å². The Bertz CT molecular complexity index is 615. The lowest BCUT2D eigenvalue weighted by Crippen LogP contribution is -2.28. The van der Waals surface area contributed by atoms with Gasteiger partial charge in [0, 0.05) is 30.8 Å². The Hall–Kier alpha value is -1.91. The van der Waals surface area contributed by atoms with Gasteiger partial charge < -0.3 is 11.1 Å². The number of nitrogens with zero attached hydrogens (tertiary/aromatic N) is 1. The zero-order valence-electron chi connectivity index (χ0n) is 10.5. The average molecular weight is 281 g/mol. The number of pyridine rings is 1. The molecule has 0 aliphatic heterocycles. The van der Waals surface area contributed by atoms with Crippen LogP contribution in [0.2, 0.25) is 0 Å². The first-order chi connectivity index (χ1) is 8.92. The SMILES string of the molecule is CS(=O)(=O)CCNC(=O)c1cncc(C#CCN)c1. The fourth-order valence-electron chi connectivity index (χ4n) is 1.24. The second kappa shape index (κ2) is 6.87. The first-order valence-corrected chi connectivity index (χ1v) is 7.58. The number of nitrogens with one attached hydrogen (secondary N) is 1. The number of nitrogens with two attached hydrogens (primary N) is 1. The summed E-state index contributed by atoms with van der Waals surface area (Å²) in [6.07, 6.45) is 4.03. The van der Waals surface area contributed by atoms with Crippen LogP contribution < -0.4 is 11.1 Å². The van der Waals surface area contributed by atoms with Crippen LogP contribution in [0.15, 0.2) is 18.5 Å². The standard InChI is InChI=1S/C12H15N3O3S/c1-19(17,18)6-5-15-12(16)11-7-10(3-2-4-13)8-14-9-11/h7-9H,4-6,13H2,1H3,(H,15,16). The molecule has 1 rings (SSSR count). The molecule has 1 amide bonds. The predicted molar refractivity (Wildman–Crippen MR) is 72.2 cm³/mol. The van der Waals surface area contributed by atoms with E-state index in [0.29, 0.717) is 11.1 Å². The van der Waals surface area contributed by atoms with Gasteiger partial charge in [-0.15, -0.1) is 0 Å². The van der Waals surface area contributed by atoms with E-state index in [-0.39, 0.29) is 24.7 Å². The normalized spacial score (nSPS) is 10.4. The second-order valence-corrected chi connectivity index (χ2v) is 6.11. The van der Waals surface area contributed by atoms with Gasteiger partial charge in [-0.05, 0) is 6.07 Å². The van der Waals surface area contributed by atoms with Crippen LogP contribution in [-0.4, -0.2) is 44.4 Å². The third-order valence-corrected chi connectivity index (χ3v) is 3.04. The highest BCUT2D eigenvalue weighted by molar-refractivity contribution is 7.90. The van der Waals surface area contributed by atoms with Gasteiger partial charge in [0.25, 0.3) is 5.91 Å². The number of hydrogen-bond donors (Lipinski definition) is 2. The lowest BCUT2D eigenvalue weighted by molar-refractivity contribution is 0.0955. The van der Waals surface area contributed by atoms with Crippen molar-refractivity contribution in [2.24, 2.45) is 5.73 Å². The number of aromatic nitrogens is 1. The fraction of sp³-hybridized carbons (Fsp3) is 0.333. The number of rotatable bonds is 4. The summed E-state index contributed by atoms with van der Waals surface area (Å²) >= 11 is 0. The van der Waals surface area contributed by atoms with Crippen molar-refractivity contribution in [1.29, 1.82) is 0 Å². The molecule has 0 saturated heterocycles. The van der Waals surface area contributed by atoms with Gasteiger partial charge in [0.05, 0.1) is 17.9 Å². The molecule has 1 aromatic heterocycles. The monoisotopic (exact) mass is 281 g/mol. The minimum Gasteiger partial charge on any atom is -0.351 e. The lowest BCUT2D eigenvalue weighted by atomic mass is 10.2. The molecular formula is C12H15N3O3S. The van der Waals surface area contributed by atoms with Crippen molar-refractivity contribution in [3.05, 3.63) is 29.6 Å². The van der Waals surface area contributed by atoms with Gasteiger partial charge in [0.1, 0.15) is 9.84 Å². The maximum Gasteiger partial charge on any atom is 0.252 e. The van der Waals surface area contributed by atoms with E-state index in [1.807, 2.05) is 0 Å². The number of carbonyl (C=O) groups is 1. The molecule has 6 nitrogen and oxygen atoms in total. The molecule has 0 bridgehead atoms. The quantitative estimate of drug-likeness (QED) is 0.701. The molecule has 0 aliphatic carbocycles. The second-order valence-electron chi connectivity index (χ2n) is 3.85. The van der Waals surface area contributed by atoms with E-state index >= 15 is 0 Å². The van der Waals surface area contributed by atoms with Crippen LogP contribution in [0, 0.1) is 11.8 Å². The van der Waals surface area contributed by atoms with E-state index < -0.39 is 9.84 Å². The molecule has 102 valence electrons. The van der Waals surface area contributed by atoms with Gasteiger partial charge in [-0.2, -0.15) is 0 Å². The van der Waals surface area contributed by atoms with E-state index in [4.69, 9.17) is 5.73 Å². The van der Waals surface area contributed by atoms with E-state index in [1.165, 1.54) is 12.4 Å². The van der Waals surface area contributed by atoms with Gasteiger partial charge in [-0.1, -0.05) is 11.8 Å². The first-order valence-electron chi connectivity index (χ1n) is 5.52. The van der Waals surface area contributed by atoms with Crippen molar-refractivity contribution in [1.82, 2.24) is 10.3 Å². The molecule has 0 aliphatic rings. The van der Waals surface area contributed by atoms with E-state index in [1.54, 1.807) is 6.07 Å². The summed E-state index contributed by atoms with van der Waals surface area (Å²) < 4.78 is 21.9. The fourth-order valence-corrected chi connectivity index (χ4v) is 1.71. The minimum absolute atomic E-state index is 0.0658. The lowest BCUT2D eigenvalue weighted by Gasteiger charge is -2.04. The van der Waals surface area contributed by atoms with E-state index in [2.05, 4.69) is 22.1 Å². The Morgan fingerprint density at radius 2 is 2.21 bits per heavy atom. The molecule has 0 unspecified atom stereocenters. The Balaban J connectivity index is 2.67. The van der Waals surface area contributed by atoms with Crippen molar-refractivity contribution in [2.75, 3.05) is 25.1 Å². The zero-order valence-corrected chi connectivity index (χ0v) is 11.3. The number of sulfone groups is 1. The maximum atomic E-state index is 11.7. The molecule has 7 heteroatoms. The Morgan fingerprint density at radius 1 is 1.47 bits per heavy atom. The Labute approximate surface area is 112 Å². The van der Waals surface area contributed by atoms with Crippen molar-refractivity contribution in [2.45, 2.75) is 0 Å². The average Bonchev–Trinajstić information content (AvgIpc) is 2.35. The van der Waals surface area contributed by atoms with Crippen molar-refractivity contribution in [3.63, 3.8) is 0 Å². The van der Waals surface area contributed by atoms with Gasteiger partial charge in [0.15, 0.2) is 0 Å². The van der Waals surface area contributed by atoms with Crippen LogP contribution in [0.1, 0.15) is 15.9 Å². The van der Waals surface area contributed by atoms with Crippen molar-refractivity contribution >= 4 is 15.7 Å². The summed E-state index contributed by atoms with van der Waals surface area (Å²) in [5, 5.41) is 2.51. The molecule has 0 atom stereocenters. The number of amides is 1. The van der Waals surface area contributed by atoms with Crippen LogP contribution in [0.3, 0.4) is 0 Å².